The zero-order valence-corrected chi connectivity index (χ0v) is 14.5. The molecule has 2 aromatic rings. The Morgan fingerprint density at radius 2 is 2.00 bits per heavy atom. The summed E-state index contributed by atoms with van der Waals surface area (Å²) < 4.78 is 0. The normalized spacial score (nSPS) is 16.2. The molecule has 1 aliphatic rings. The Labute approximate surface area is 143 Å². The number of rotatable bonds is 5. The number of carbonyl (C=O) groups is 1. The average molecular weight is 326 g/mol. The Balaban J connectivity index is 1.57. The van der Waals surface area contributed by atoms with Gasteiger partial charge in [-0.3, -0.25) is 9.89 Å². The maximum Gasteiger partial charge on any atom is 0.269 e. The summed E-state index contributed by atoms with van der Waals surface area (Å²) in [6.45, 7) is 7.55. The van der Waals surface area contributed by atoms with E-state index in [1.165, 1.54) is 12.0 Å². The fourth-order valence-electron chi connectivity index (χ4n) is 3.19. The summed E-state index contributed by atoms with van der Waals surface area (Å²) >= 11 is 0. The van der Waals surface area contributed by atoms with E-state index in [2.05, 4.69) is 34.3 Å². The number of nitrogens with zero attached hydrogens (tertiary/aromatic N) is 2. The van der Waals surface area contributed by atoms with Crippen molar-refractivity contribution in [2.24, 2.45) is 0 Å². The molecular formula is C19H26N4O. The van der Waals surface area contributed by atoms with Gasteiger partial charge >= 0.3 is 0 Å². The summed E-state index contributed by atoms with van der Waals surface area (Å²) in [4.78, 5) is 14.9. The fourth-order valence-corrected chi connectivity index (χ4v) is 3.19. The average Bonchev–Trinajstić information content (AvgIpc) is 3.08. The van der Waals surface area contributed by atoms with Crippen LogP contribution in [-0.4, -0.2) is 46.7 Å². The lowest BCUT2D eigenvalue weighted by Crippen LogP contribution is -2.44. The molecule has 3 rings (SSSR count). The van der Waals surface area contributed by atoms with Crippen LogP contribution in [0.15, 0.2) is 30.3 Å². The third kappa shape index (κ3) is 4.03. The molecule has 1 aromatic heterocycles. The monoisotopic (exact) mass is 326 g/mol. The Kier molecular flexibility index (Phi) is 5.30. The lowest BCUT2D eigenvalue weighted by atomic mass is 10.0. The van der Waals surface area contributed by atoms with Crippen LogP contribution < -0.4 is 5.32 Å². The van der Waals surface area contributed by atoms with Gasteiger partial charge < -0.3 is 10.2 Å². The van der Waals surface area contributed by atoms with Crippen LogP contribution in [0.25, 0.3) is 11.3 Å². The van der Waals surface area contributed by atoms with Crippen LogP contribution in [0.5, 0.6) is 0 Å². The minimum atomic E-state index is -0.0604. The van der Waals surface area contributed by atoms with Gasteiger partial charge in [0, 0.05) is 24.7 Å². The van der Waals surface area contributed by atoms with Crippen molar-refractivity contribution in [2.45, 2.75) is 39.2 Å². The van der Waals surface area contributed by atoms with Crippen molar-refractivity contribution in [1.29, 1.82) is 0 Å². The first-order valence-corrected chi connectivity index (χ1v) is 8.81. The van der Waals surface area contributed by atoms with Crippen molar-refractivity contribution in [3.63, 3.8) is 0 Å². The second-order valence-electron chi connectivity index (χ2n) is 6.62. The first-order chi connectivity index (χ1) is 11.7. The molecule has 1 aromatic carbocycles. The third-order valence-electron chi connectivity index (χ3n) is 4.63. The molecule has 0 unspecified atom stereocenters. The number of aryl methyl sites for hydroxylation is 1. The van der Waals surface area contributed by atoms with Gasteiger partial charge in [0.25, 0.3) is 5.91 Å². The number of nitrogens with one attached hydrogen (secondary N) is 2. The largest absolute Gasteiger partial charge is 0.348 e. The highest BCUT2D eigenvalue weighted by Crippen LogP contribution is 2.18. The Bertz CT molecular complexity index is 669. The maximum atomic E-state index is 12.4. The Morgan fingerprint density at radius 3 is 2.67 bits per heavy atom. The van der Waals surface area contributed by atoms with Crippen LogP contribution in [0.4, 0.5) is 0 Å². The Hall–Kier alpha value is -2.14. The Morgan fingerprint density at radius 1 is 1.29 bits per heavy atom. The van der Waals surface area contributed by atoms with Gasteiger partial charge in [-0.1, -0.05) is 36.8 Å². The van der Waals surface area contributed by atoms with Crippen LogP contribution in [0.1, 0.15) is 42.2 Å². The van der Waals surface area contributed by atoms with Gasteiger partial charge in [0.1, 0.15) is 5.69 Å². The minimum absolute atomic E-state index is 0.0604. The zero-order chi connectivity index (χ0) is 16.9. The van der Waals surface area contributed by atoms with Crippen LogP contribution in [0.3, 0.4) is 0 Å². The molecule has 128 valence electrons. The molecule has 0 bridgehead atoms. The maximum absolute atomic E-state index is 12.4. The molecule has 0 radical (unpaired) electrons. The lowest BCUT2D eigenvalue weighted by molar-refractivity contribution is 0.0906. The summed E-state index contributed by atoms with van der Waals surface area (Å²) in [7, 11) is 0. The summed E-state index contributed by atoms with van der Waals surface area (Å²) in [5.74, 6) is -0.0604. The molecule has 5 nitrogen and oxygen atoms in total. The number of piperidine rings is 1. The molecule has 2 heterocycles. The number of hydrogen-bond acceptors (Lipinski definition) is 3. The van der Waals surface area contributed by atoms with Gasteiger partial charge in [-0.15, -0.1) is 0 Å². The predicted octanol–water partition coefficient (Wildman–Crippen LogP) is 2.99. The minimum Gasteiger partial charge on any atom is -0.348 e. The van der Waals surface area contributed by atoms with Gasteiger partial charge in [0.05, 0.1) is 5.69 Å². The van der Waals surface area contributed by atoms with E-state index in [0.29, 0.717) is 5.69 Å². The number of carbonyl (C=O) groups excluding carboxylic acids is 1. The summed E-state index contributed by atoms with van der Waals surface area (Å²) in [6, 6.07) is 10.2. The van der Waals surface area contributed by atoms with Gasteiger partial charge in [0.15, 0.2) is 0 Å². The van der Waals surface area contributed by atoms with E-state index < -0.39 is 0 Å². The highest BCUT2D eigenvalue weighted by Gasteiger charge is 2.21. The van der Waals surface area contributed by atoms with E-state index in [9.17, 15) is 4.79 Å². The van der Waals surface area contributed by atoms with Crippen LogP contribution in [0.2, 0.25) is 0 Å². The highest BCUT2D eigenvalue weighted by molar-refractivity contribution is 5.93. The van der Waals surface area contributed by atoms with Crippen LogP contribution in [0, 0.1) is 6.92 Å². The van der Waals surface area contributed by atoms with Gasteiger partial charge in [0.2, 0.25) is 0 Å². The number of aromatic nitrogens is 2. The van der Waals surface area contributed by atoms with Crippen molar-refractivity contribution < 1.29 is 4.79 Å². The summed E-state index contributed by atoms with van der Waals surface area (Å²) in [5, 5.41) is 10.3. The van der Waals surface area contributed by atoms with Gasteiger partial charge in [-0.05, 0) is 38.8 Å². The number of benzene rings is 1. The first-order valence-electron chi connectivity index (χ1n) is 8.81. The number of likely N-dealkylation sites (tertiary alicyclic amines) is 1. The predicted molar refractivity (Wildman–Crippen MR) is 96.0 cm³/mol. The smallest absolute Gasteiger partial charge is 0.269 e. The standard InChI is InChI=1S/C19H26N4O/c1-3-10-23-11-8-16(9-12-23)20-19(24)18-13-17(21-22-18)15-6-4-14(2)5-7-15/h4-7,13,16H,3,8-12H2,1-2H3,(H,20,24)(H,21,22). The molecule has 0 atom stereocenters. The fraction of sp³-hybridized carbons (Fsp3) is 0.474. The van der Waals surface area contributed by atoms with E-state index in [-0.39, 0.29) is 11.9 Å². The van der Waals surface area contributed by atoms with E-state index >= 15 is 0 Å². The van der Waals surface area contributed by atoms with E-state index in [4.69, 9.17) is 0 Å². The number of aromatic amines is 1. The molecule has 1 aliphatic heterocycles. The first kappa shape index (κ1) is 16.7. The summed E-state index contributed by atoms with van der Waals surface area (Å²) in [5.41, 5.74) is 3.56. The van der Waals surface area contributed by atoms with Gasteiger partial charge in [-0.2, -0.15) is 5.10 Å². The molecule has 0 spiro atoms. The van der Waals surface area contributed by atoms with Crippen LogP contribution in [-0.2, 0) is 0 Å². The number of H-pyrrole nitrogens is 1. The second kappa shape index (κ2) is 7.62. The third-order valence-corrected chi connectivity index (χ3v) is 4.63. The van der Waals surface area contributed by atoms with Crippen molar-refractivity contribution in [2.75, 3.05) is 19.6 Å². The zero-order valence-electron chi connectivity index (χ0n) is 14.5. The van der Waals surface area contributed by atoms with E-state index in [0.717, 1.165) is 43.7 Å². The highest BCUT2D eigenvalue weighted by atomic mass is 16.2. The molecule has 0 saturated carbocycles. The molecular weight excluding hydrogens is 300 g/mol. The van der Waals surface area contributed by atoms with Crippen molar-refractivity contribution in [3.05, 3.63) is 41.6 Å². The van der Waals surface area contributed by atoms with Crippen molar-refractivity contribution in [1.82, 2.24) is 20.4 Å². The topological polar surface area (TPSA) is 61.0 Å². The SMILES string of the molecule is CCCN1CCC(NC(=O)c2cc(-c3ccc(C)cc3)n[nH]2)CC1. The van der Waals surface area contributed by atoms with Crippen LogP contribution >= 0.6 is 0 Å². The van der Waals surface area contributed by atoms with Crippen molar-refractivity contribution >= 4 is 5.91 Å². The van der Waals surface area contributed by atoms with E-state index in [1.807, 2.05) is 30.3 Å². The summed E-state index contributed by atoms with van der Waals surface area (Å²) in [6.07, 6.45) is 3.22. The molecule has 1 fully saturated rings. The molecule has 5 heteroatoms. The van der Waals surface area contributed by atoms with Gasteiger partial charge in [-0.25, -0.2) is 0 Å². The lowest BCUT2D eigenvalue weighted by Gasteiger charge is -2.31. The molecule has 2 N–H and O–H groups in total. The molecule has 24 heavy (non-hydrogen) atoms. The second-order valence-corrected chi connectivity index (χ2v) is 6.62. The van der Waals surface area contributed by atoms with Crippen molar-refractivity contribution in [3.8, 4) is 11.3 Å². The van der Waals surface area contributed by atoms with E-state index in [1.54, 1.807) is 0 Å². The molecule has 1 saturated heterocycles. The number of hydrogen-bond donors (Lipinski definition) is 2. The number of amides is 1. The quantitative estimate of drug-likeness (QED) is 0.888. The molecule has 0 aliphatic carbocycles. The molecule has 1 amide bonds.